The summed E-state index contributed by atoms with van der Waals surface area (Å²) in [5.74, 6) is 0.101. The number of amides is 1. The molecule has 0 aromatic heterocycles. The molecule has 76 valence electrons. The average molecular weight is 185 g/mol. The van der Waals surface area contributed by atoms with Gasteiger partial charge in [0.2, 0.25) is 5.91 Å². The van der Waals surface area contributed by atoms with Gasteiger partial charge < -0.3 is 5.32 Å². The van der Waals surface area contributed by atoms with Gasteiger partial charge in [0, 0.05) is 33.1 Å². The van der Waals surface area contributed by atoms with Crippen molar-refractivity contribution in [1.82, 2.24) is 15.8 Å². The lowest BCUT2D eigenvalue weighted by atomic mass is 10.2. The fourth-order valence-corrected chi connectivity index (χ4v) is 1.50. The number of carbonyl (C=O) groups is 1. The smallest absolute Gasteiger partial charge is 0.221 e. The van der Waals surface area contributed by atoms with E-state index in [9.17, 15) is 4.79 Å². The average Bonchev–Trinajstić information content (AvgIpc) is 2.19. The van der Waals surface area contributed by atoms with Gasteiger partial charge in [0.15, 0.2) is 0 Å². The lowest BCUT2D eigenvalue weighted by Crippen LogP contribution is -2.43. The molecular formula is C9H19N3O. The zero-order valence-corrected chi connectivity index (χ0v) is 8.31. The van der Waals surface area contributed by atoms with Gasteiger partial charge in [-0.3, -0.25) is 10.2 Å². The van der Waals surface area contributed by atoms with Gasteiger partial charge in [-0.15, -0.1) is 0 Å². The molecule has 0 saturated carbocycles. The highest BCUT2D eigenvalue weighted by atomic mass is 16.1. The Kier molecular flexibility index (Phi) is 4.78. The second kappa shape index (κ2) is 5.94. The van der Waals surface area contributed by atoms with Gasteiger partial charge in [0.05, 0.1) is 0 Å². The predicted octanol–water partition coefficient (Wildman–Crippen LogP) is 0.113. The molecule has 1 aliphatic heterocycles. The Morgan fingerprint density at radius 2 is 2.00 bits per heavy atom. The quantitative estimate of drug-likeness (QED) is 0.653. The molecule has 0 unspecified atom stereocenters. The highest BCUT2D eigenvalue weighted by Crippen LogP contribution is 2.05. The lowest BCUT2D eigenvalue weighted by Gasteiger charge is -2.26. The monoisotopic (exact) mass is 185 g/mol. The molecule has 0 aromatic rings. The van der Waals surface area contributed by atoms with E-state index < -0.39 is 0 Å². The summed E-state index contributed by atoms with van der Waals surface area (Å²) in [7, 11) is 1.67. The van der Waals surface area contributed by atoms with Crippen molar-refractivity contribution in [2.45, 2.75) is 25.7 Å². The maximum atomic E-state index is 10.9. The van der Waals surface area contributed by atoms with Gasteiger partial charge in [0.25, 0.3) is 0 Å². The van der Waals surface area contributed by atoms with Crippen LogP contribution in [0.2, 0.25) is 0 Å². The van der Waals surface area contributed by atoms with E-state index in [1.165, 1.54) is 19.3 Å². The second-order valence-electron chi connectivity index (χ2n) is 3.38. The Labute approximate surface area is 79.6 Å². The summed E-state index contributed by atoms with van der Waals surface area (Å²) in [5, 5.41) is 4.82. The number of hydrogen-bond acceptors (Lipinski definition) is 3. The van der Waals surface area contributed by atoms with Crippen molar-refractivity contribution in [2.24, 2.45) is 0 Å². The van der Waals surface area contributed by atoms with E-state index in [4.69, 9.17) is 0 Å². The number of rotatable bonds is 4. The van der Waals surface area contributed by atoms with Crippen LogP contribution in [0.15, 0.2) is 0 Å². The van der Waals surface area contributed by atoms with Gasteiger partial charge in [-0.25, -0.2) is 5.01 Å². The summed E-state index contributed by atoms with van der Waals surface area (Å²) in [6.07, 6.45) is 4.45. The summed E-state index contributed by atoms with van der Waals surface area (Å²) in [4.78, 5) is 10.9. The number of piperidine rings is 1. The molecule has 0 spiro atoms. The van der Waals surface area contributed by atoms with Crippen molar-refractivity contribution in [3.63, 3.8) is 0 Å². The minimum atomic E-state index is 0.101. The molecule has 1 fully saturated rings. The molecule has 13 heavy (non-hydrogen) atoms. The molecular weight excluding hydrogens is 166 g/mol. The van der Waals surface area contributed by atoms with Gasteiger partial charge in [-0.05, 0) is 12.8 Å². The van der Waals surface area contributed by atoms with Gasteiger partial charge in [-0.2, -0.15) is 0 Å². The van der Waals surface area contributed by atoms with Gasteiger partial charge in [-0.1, -0.05) is 6.42 Å². The molecule has 0 atom stereocenters. The van der Waals surface area contributed by atoms with Crippen LogP contribution in [0.1, 0.15) is 25.7 Å². The van der Waals surface area contributed by atoms with Crippen LogP contribution >= 0.6 is 0 Å². The van der Waals surface area contributed by atoms with Crippen LogP contribution < -0.4 is 10.7 Å². The summed E-state index contributed by atoms with van der Waals surface area (Å²) in [5.41, 5.74) is 3.26. The van der Waals surface area contributed by atoms with E-state index in [1.807, 2.05) is 0 Å². The first-order valence-corrected chi connectivity index (χ1v) is 5.02. The standard InChI is InChI=1S/C9H19N3O/c1-10-9(13)5-6-11-12-7-3-2-4-8-12/h11H,2-8H2,1H3,(H,10,13). The number of hydrazine groups is 1. The summed E-state index contributed by atoms with van der Waals surface area (Å²) < 4.78 is 0. The van der Waals surface area contributed by atoms with Crippen molar-refractivity contribution in [3.05, 3.63) is 0 Å². The van der Waals surface area contributed by atoms with Crippen LogP contribution in [0.4, 0.5) is 0 Å². The second-order valence-corrected chi connectivity index (χ2v) is 3.38. The Bertz CT molecular complexity index is 155. The zero-order valence-electron chi connectivity index (χ0n) is 8.31. The summed E-state index contributed by atoms with van der Waals surface area (Å²) >= 11 is 0. The minimum absolute atomic E-state index is 0.101. The van der Waals surface area contributed by atoms with Crippen LogP contribution in [-0.2, 0) is 4.79 Å². The summed E-state index contributed by atoms with van der Waals surface area (Å²) in [6.45, 7) is 2.99. The molecule has 1 aliphatic rings. The molecule has 1 amide bonds. The van der Waals surface area contributed by atoms with Crippen LogP contribution in [0.3, 0.4) is 0 Å². The Hall–Kier alpha value is -0.610. The van der Waals surface area contributed by atoms with Gasteiger partial charge in [0.1, 0.15) is 0 Å². The third kappa shape index (κ3) is 4.24. The molecule has 0 aromatic carbocycles. The highest BCUT2D eigenvalue weighted by molar-refractivity contribution is 5.75. The Balaban J connectivity index is 2.01. The van der Waals surface area contributed by atoms with E-state index in [-0.39, 0.29) is 5.91 Å². The normalized spacial score (nSPS) is 18.5. The van der Waals surface area contributed by atoms with Crippen molar-refractivity contribution in [1.29, 1.82) is 0 Å². The van der Waals surface area contributed by atoms with Crippen LogP contribution in [0.25, 0.3) is 0 Å². The highest BCUT2D eigenvalue weighted by Gasteiger charge is 2.08. The van der Waals surface area contributed by atoms with E-state index in [1.54, 1.807) is 7.05 Å². The van der Waals surface area contributed by atoms with Crippen molar-refractivity contribution in [3.8, 4) is 0 Å². The van der Waals surface area contributed by atoms with E-state index in [0.717, 1.165) is 19.6 Å². The summed E-state index contributed by atoms with van der Waals surface area (Å²) in [6, 6.07) is 0. The number of carbonyl (C=O) groups excluding carboxylic acids is 1. The predicted molar refractivity (Wildman–Crippen MR) is 52.1 cm³/mol. The van der Waals surface area contributed by atoms with Crippen molar-refractivity contribution < 1.29 is 4.79 Å². The van der Waals surface area contributed by atoms with E-state index >= 15 is 0 Å². The lowest BCUT2D eigenvalue weighted by molar-refractivity contribution is -0.120. The molecule has 1 heterocycles. The first kappa shape index (κ1) is 10.5. The minimum Gasteiger partial charge on any atom is -0.359 e. The molecule has 1 rings (SSSR count). The van der Waals surface area contributed by atoms with Gasteiger partial charge >= 0.3 is 0 Å². The van der Waals surface area contributed by atoms with Crippen molar-refractivity contribution in [2.75, 3.05) is 26.7 Å². The van der Waals surface area contributed by atoms with E-state index in [0.29, 0.717) is 6.42 Å². The molecule has 4 heteroatoms. The molecule has 4 nitrogen and oxygen atoms in total. The Morgan fingerprint density at radius 1 is 1.31 bits per heavy atom. The molecule has 1 saturated heterocycles. The third-order valence-electron chi connectivity index (χ3n) is 2.32. The fourth-order valence-electron chi connectivity index (χ4n) is 1.50. The maximum absolute atomic E-state index is 10.9. The number of nitrogens with zero attached hydrogens (tertiary/aromatic N) is 1. The third-order valence-corrected chi connectivity index (χ3v) is 2.32. The maximum Gasteiger partial charge on any atom is 0.221 e. The topological polar surface area (TPSA) is 44.4 Å². The molecule has 0 bridgehead atoms. The molecule has 2 N–H and O–H groups in total. The largest absolute Gasteiger partial charge is 0.359 e. The first-order valence-electron chi connectivity index (χ1n) is 5.02. The van der Waals surface area contributed by atoms with Crippen LogP contribution in [-0.4, -0.2) is 37.6 Å². The number of nitrogens with one attached hydrogen (secondary N) is 2. The van der Waals surface area contributed by atoms with Crippen molar-refractivity contribution >= 4 is 5.91 Å². The zero-order chi connectivity index (χ0) is 9.52. The SMILES string of the molecule is CNC(=O)CCNN1CCCCC1. The Morgan fingerprint density at radius 3 is 2.62 bits per heavy atom. The fraction of sp³-hybridized carbons (Fsp3) is 0.889. The molecule has 0 aliphatic carbocycles. The van der Waals surface area contributed by atoms with E-state index in [2.05, 4.69) is 15.8 Å². The van der Waals surface area contributed by atoms with Crippen LogP contribution in [0.5, 0.6) is 0 Å². The first-order chi connectivity index (χ1) is 6.33. The number of hydrogen-bond donors (Lipinski definition) is 2. The van der Waals surface area contributed by atoms with Crippen LogP contribution in [0, 0.1) is 0 Å². The molecule has 0 radical (unpaired) electrons.